The smallest absolute Gasteiger partial charge is 0.172 e. The van der Waals surface area contributed by atoms with E-state index >= 15 is 0 Å². The molecule has 11 aliphatic heterocycles. The Kier molecular flexibility index (Phi) is 11.8. The van der Waals surface area contributed by atoms with Crippen molar-refractivity contribution in [2.24, 2.45) is 11.8 Å². The highest BCUT2D eigenvalue weighted by Crippen LogP contribution is 2.54. The number of nitrogens with zero attached hydrogens (tertiary/aromatic N) is 1. The summed E-state index contributed by atoms with van der Waals surface area (Å²) >= 11 is 0. The van der Waals surface area contributed by atoms with Crippen LogP contribution in [0.15, 0.2) is 24.3 Å². The summed E-state index contributed by atoms with van der Waals surface area (Å²) in [6, 6.07) is 0. The van der Waals surface area contributed by atoms with Gasteiger partial charge in [0.25, 0.3) is 0 Å². The van der Waals surface area contributed by atoms with Crippen LogP contribution in [0.2, 0.25) is 0 Å². The summed E-state index contributed by atoms with van der Waals surface area (Å²) in [6.45, 7) is 15.3. The lowest BCUT2D eigenvalue weighted by atomic mass is 9.81. The molecule has 0 unspecified atom stereocenters. The van der Waals surface area contributed by atoms with Crippen molar-refractivity contribution < 1.29 is 56.9 Å². The molecule has 0 aromatic rings. The number of carbonyl (C=O) groups is 1. The average molecular weight is 814 g/mol. The van der Waals surface area contributed by atoms with Crippen LogP contribution in [0.25, 0.3) is 0 Å². The molecule has 58 heavy (non-hydrogen) atoms. The summed E-state index contributed by atoms with van der Waals surface area (Å²) in [4.78, 5) is 16.7. The number of morpholine rings is 1. The van der Waals surface area contributed by atoms with Crippen molar-refractivity contribution in [1.29, 1.82) is 0 Å². The zero-order chi connectivity index (χ0) is 39.7. The van der Waals surface area contributed by atoms with E-state index in [4.69, 9.17) is 52.1 Å². The first-order valence-corrected chi connectivity index (χ1v) is 22.7. The van der Waals surface area contributed by atoms with Gasteiger partial charge in [-0.3, -0.25) is 9.69 Å². The largest absolute Gasteiger partial charge is 0.380 e. The van der Waals surface area contributed by atoms with E-state index in [0.29, 0.717) is 44.4 Å². The zero-order valence-electron chi connectivity index (χ0n) is 34.9. The lowest BCUT2D eigenvalue weighted by Crippen LogP contribution is -2.61. The Bertz CT molecular complexity index is 1520. The van der Waals surface area contributed by atoms with Crippen LogP contribution in [0.4, 0.5) is 0 Å². The number of fused-ring (bicyclic) bond motifs is 6. The summed E-state index contributed by atoms with van der Waals surface area (Å²) in [5.74, 6) is -0.474. The van der Waals surface area contributed by atoms with Crippen molar-refractivity contribution in [2.75, 3.05) is 47.1 Å². The Labute approximate surface area is 344 Å². The van der Waals surface area contributed by atoms with Gasteiger partial charge in [-0.2, -0.15) is 0 Å². The monoisotopic (exact) mass is 813 g/mol. The average Bonchev–Trinajstić information content (AvgIpc) is 3.89. The molecule has 11 fully saturated rings. The van der Waals surface area contributed by atoms with Crippen molar-refractivity contribution >= 4 is 5.78 Å². The van der Waals surface area contributed by atoms with E-state index in [1.807, 2.05) is 0 Å². The quantitative estimate of drug-likeness (QED) is 0.352. The van der Waals surface area contributed by atoms with Gasteiger partial charge in [-0.15, -0.1) is 0 Å². The molecule has 0 N–H and O–H groups in total. The molecule has 0 amide bonds. The number of hydrogen-bond acceptors (Lipinski definition) is 13. The van der Waals surface area contributed by atoms with Crippen LogP contribution in [-0.4, -0.2) is 161 Å². The fourth-order valence-electron chi connectivity index (χ4n) is 12.5. The van der Waals surface area contributed by atoms with Crippen LogP contribution in [0.5, 0.6) is 0 Å². The molecule has 324 valence electrons. The molecule has 0 aromatic carbocycles. The standard InChI is InChI=1S/C45H67NO12/c1-24-16-28-6-8-33-25(2)17-30(51-33)10-11-45-22-38-41(57-45)42-43(56-38)44(58-45)40-34(55-42)9-7-29(53-40)18-27(47)19-32-36(21-35(52-28)26(24)3)54-37(39(32)49-5)20-31(48-4)23-46-12-14-50-15-13-46/h24,28-44H,2-3,6-23H2,1,4-5H3/t24-,28+,29-,30+,31+,32+,33+,34+,35-,36+,37-,38-,39-,40+,41+,42+,43-,44+,45+/m1/s1. The van der Waals surface area contributed by atoms with E-state index in [9.17, 15) is 4.79 Å². The van der Waals surface area contributed by atoms with Crippen LogP contribution in [0.3, 0.4) is 0 Å². The van der Waals surface area contributed by atoms with Crippen molar-refractivity contribution in [2.45, 2.75) is 194 Å². The molecule has 12 bridgehead atoms. The molecule has 13 nitrogen and oxygen atoms in total. The maximum absolute atomic E-state index is 14.3. The molecular weight excluding hydrogens is 746 g/mol. The topological polar surface area (TPSA) is 122 Å². The molecule has 19 atom stereocenters. The molecular formula is C45H67NO12. The Morgan fingerprint density at radius 3 is 2.34 bits per heavy atom. The first kappa shape index (κ1) is 40.7. The van der Waals surface area contributed by atoms with Gasteiger partial charge in [-0.05, 0) is 62.0 Å². The van der Waals surface area contributed by atoms with Crippen molar-refractivity contribution in [1.82, 2.24) is 4.90 Å². The van der Waals surface area contributed by atoms with Crippen molar-refractivity contribution in [3.05, 3.63) is 24.3 Å². The van der Waals surface area contributed by atoms with Crippen LogP contribution in [0, 0.1) is 11.8 Å². The van der Waals surface area contributed by atoms with E-state index in [0.717, 1.165) is 88.9 Å². The van der Waals surface area contributed by atoms with Gasteiger partial charge in [-0.25, -0.2) is 0 Å². The van der Waals surface area contributed by atoms with Crippen LogP contribution >= 0.6 is 0 Å². The number of carbonyl (C=O) groups excluding carboxylic acids is 1. The second-order valence-corrected chi connectivity index (χ2v) is 19.3. The van der Waals surface area contributed by atoms with Gasteiger partial charge in [0, 0.05) is 78.3 Å². The van der Waals surface area contributed by atoms with Gasteiger partial charge in [-0.1, -0.05) is 20.1 Å². The summed E-state index contributed by atoms with van der Waals surface area (Å²) in [6.07, 6.45) is 6.64. The fraction of sp³-hybridized carbons (Fsp3) is 0.889. The molecule has 13 heteroatoms. The zero-order valence-corrected chi connectivity index (χ0v) is 34.9. The summed E-state index contributed by atoms with van der Waals surface area (Å²) < 4.78 is 72.7. The lowest BCUT2D eigenvalue weighted by molar-refractivity contribution is -0.292. The van der Waals surface area contributed by atoms with Gasteiger partial charge in [0.1, 0.15) is 36.3 Å². The Balaban J connectivity index is 0.912. The first-order chi connectivity index (χ1) is 28.2. The number of hydrogen-bond donors (Lipinski definition) is 0. The molecule has 11 aliphatic rings. The number of ether oxygens (including phenoxy) is 11. The maximum Gasteiger partial charge on any atom is 0.172 e. The van der Waals surface area contributed by atoms with Gasteiger partial charge in [0.15, 0.2) is 5.79 Å². The predicted octanol–water partition coefficient (Wildman–Crippen LogP) is 4.47. The highest BCUT2D eigenvalue weighted by molar-refractivity contribution is 5.79. The second kappa shape index (κ2) is 16.7. The Morgan fingerprint density at radius 2 is 1.52 bits per heavy atom. The van der Waals surface area contributed by atoms with E-state index in [-0.39, 0.29) is 109 Å². The van der Waals surface area contributed by atoms with Gasteiger partial charge < -0.3 is 52.1 Å². The third kappa shape index (κ3) is 7.85. The van der Waals surface area contributed by atoms with Crippen LogP contribution < -0.4 is 0 Å². The Hall–Kier alpha value is -1.33. The normalized spacial score (nSPS) is 50.1. The highest BCUT2D eigenvalue weighted by Gasteiger charge is 2.68. The molecule has 11 heterocycles. The predicted molar refractivity (Wildman–Crippen MR) is 209 cm³/mol. The van der Waals surface area contributed by atoms with E-state index in [2.05, 4.69) is 25.0 Å². The van der Waals surface area contributed by atoms with Crippen molar-refractivity contribution in [3.8, 4) is 0 Å². The Morgan fingerprint density at radius 1 is 0.759 bits per heavy atom. The van der Waals surface area contributed by atoms with Crippen molar-refractivity contribution in [3.63, 3.8) is 0 Å². The van der Waals surface area contributed by atoms with E-state index < -0.39 is 5.79 Å². The molecule has 0 aliphatic carbocycles. The van der Waals surface area contributed by atoms with Crippen LogP contribution in [0.1, 0.15) is 90.4 Å². The van der Waals surface area contributed by atoms with Crippen LogP contribution in [-0.2, 0) is 56.9 Å². The van der Waals surface area contributed by atoms with E-state index in [1.54, 1.807) is 14.2 Å². The number of Topliss-reactive ketones (excluding diaryl/α,β-unsaturated/α-hetero) is 1. The van der Waals surface area contributed by atoms with E-state index in [1.165, 1.54) is 0 Å². The van der Waals surface area contributed by atoms with Gasteiger partial charge in [0.2, 0.25) is 0 Å². The maximum atomic E-state index is 14.3. The summed E-state index contributed by atoms with van der Waals surface area (Å²) in [5.41, 5.74) is 2.26. The summed E-state index contributed by atoms with van der Waals surface area (Å²) in [5, 5.41) is 0. The second-order valence-electron chi connectivity index (χ2n) is 19.3. The molecule has 1 spiro atoms. The third-order valence-electron chi connectivity index (χ3n) is 15.6. The highest BCUT2D eigenvalue weighted by atomic mass is 16.8. The SMILES string of the molecule is C=C1C[C@@H]2CC[C@@]34C[C@H]5O[C@H]6[C@@H](O3)[C@H]3O[C@H](CC[C@@H]3O[C@H]6[C@H]5O4)CC(=O)C[C@@H]3[C@@H](OC)[C@@H](C[C@@H](CN4CCOCC4)OC)O[C@H]3C[C@H]3O[C@@H](CC[C@@H]1O2)C[C@@H](C)C3=C. The minimum atomic E-state index is -0.773. The fourth-order valence-corrected chi connectivity index (χ4v) is 12.5. The third-order valence-corrected chi connectivity index (χ3v) is 15.6. The molecule has 11 rings (SSSR count). The number of methoxy groups -OCH3 is 2. The minimum Gasteiger partial charge on any atom is -0.380 e. The molecule has 0 radical (unpaired) electrons. The number of rotatable bonds is 6. The lowest BCUT2D eigenvalue weighted by Gasteiger charge is -2.47. The first-order valence-electron chi connectivity index (χ1n) is 22.7. The number of ketones is 1. The molecule has 0 aromatic heterocycles. The minimum absolute atomic E-state index is 0.00445. The van der Waals surface area contributed by atoms with Gasteiger partial charge in [0.05, 0.1) is 80.4 Å². The molecule has 0 saturated carbocycles. The van der Waals surface area contributed by atoms with Gasteiger partial charge >= 0.3 is 0 Å². The molecule has 11 saturated heterocycles. The summed E-state index contributed by atoms with van der Waals surface area (Å²) in [7, 11) is 3.53.